The lowest BCUT2D eigenvalue weighted by atomic mass is 10.0. The number of likely N-dealkylation sites (tertiary alicyclic amines) is 1. The molecule has 2 heterocycles. The van der Waals surface area contributed by atoms with Crippen LogP contribution in [-0.4, -0.2) is 40.8 Å². The summed E-state index contributed by atoms with van der Waals surface area (Å²) in [5, 5.41) is 10.5. The number of anilines is 1. The Labute approximate surface area is 117 Å². The largest absolute Gasteiger partial charge is 0.323 e. The van der Waals surface area contributed by atoms with Gasteiger partial charge in [-0.1, -0.05) is 13.0 Å². The van der Waals surface area contributed by atoms with Crippen LogP contribution in [0.2, 0.25) is 0 Å². The second kappa shape index (κ2) is 5.58. The van der Waals surface area contributed by atoms with Crippen molar-refractivity contribution in [3.05, 3.63) is 18.2 Å². The highest BCUT2D eigenvalue weighted by atomic mass is 16.6. The first-order chi connectivity index (χ1) is 9.72. The van der Waals surface area contributed by atoms with E-state index in [0.29, 0.717) is 29.2 Å². The first kappa shape index (κ1) is 13.1. The third kappa shape index (κ3) is 2.80. The first-order valence-corrected chi connectivity index (χ1v) is 6.96. The average molecular weight is 274 g/mol. The van der Waals surface area contributed by atoms with Crippen molar-refractivity contribution >= 4 is 22.6 Å². The van der Waals surface area contributed by atoms with Gasteiger partial charge >= 0.3 is 0 Å². The molecule has 3 rings (SSSR count). The van der Waals surface area contributed by atoms with Crippen molar-refractivity contribution in [3.63, 3.8) is 0 Å². The van der Waals surface area contributed by atoms with E-state index >= 15 is 0 Å². The minimum absolute atomic E-state index is 0.0189. The highest BCUT2D eigenvalue weighted by molar-refractivity contribution is 5.99. The maximum atomic E-state index is 12.1. The summed E-state index contributed by atoms with van der Waals surface area (Å²) in [7, 11) is 0. The number of carbonyl (C=O) groups excluding carboxylic acids is 1. The maximum Gasteiger partial charge on any atom is 0.238 e. The van der Waals surface area contributed by atoms with Gasteiger partial charge in [0.1, 0.15) is 5.52 Å². The van der Waals surface area contributed by atoms with Crippen molar-refractivity contribution < 1.29 is 9.42 Å². The zero-order valence-electron chi connectivity index (χ0n) is 11.5. The molecule has 0 radical (unpaired) electrons. The van der Waals surface area contributed by atoms with Gasteiger partial charge in [-0.25, -0.2) is 4.63 Å². The quantitative estimate of drug-likeness (QED) is 0.925. The van der Waals surface area contributed by atoms with Crippen LogP contribution in [0.25, 0.3) is 11.0 Å². The molecule has 20 heavy (non-hydrogen) atoms. The Morgan fingerprint density at radius 2 is 2.40 bits per heavy atom. The third-order valence-corrected chi connectivity index (χ3v) is 3.67. The van der Waals surface area contributed by atoms with Crippen LogP contribution in [0, 0.1) is 5.92 Å². The average Bonchev–Trinajstić information content (AvgIpc) is 2.88. The molecule has 0 saturated carbocycles. The summed E-state index contributed by atoms with van der Waals surface area (Å²) in [6.45, 7) is 4.63. The van der Waals surface area contributed by atoms with E-state index < -0.39 is 0 Å². The SMILES string of the molecule is CC1CCCN(CC(=O)Nc2cccc3nonc23)C1. The molecule has 1 amide bonds. The number of fused-ring (bicyclic) bond motifs is 1. The van der Waals surface area contributed by atoms with Crippen LogP contribution < -0.4 is 5.32 Å². The second-order valence-electron chi connectivity index (χ2n) is 5.47. The summed E-state index contributed by atoms with van der Waals surface area (Å²) in [5.41, 5.74) is 1.89. The molecule has 6 nitrogen and oxygen atoms in total. The molecule has 1 aliphatic heterocycles. The second-order valence-corrected chi connectivity index (χ2v) is 5.47. The number of aromatic nitrogens is 2. The van der Waals surface area contributed by atoms with E-state index in [2.05, 4.69) is 32.1 Å². The predicted octanol–water partition coefficient (Wildman–Crippen LogP) is 1.89. The summed E-state index contributed by atoms with van der Waals surface area (Å²) in [6.07, 6.45) is 2.42. The Bertz CT molecular complexity index is 610. The van der Waals surface area contributed by atoms with Crippen LogP contribution in [0.4, 0.5) is 5.69 Å². The van der Waals surface area contributed by atoms with Crippen LogP contribution in [0.1, 0.15) is 19.8 Å². The van der Waals surface area contributed by atoms with Crippen molar-refractivity contribution in [1.29, 1.82) is 0 Å². The maximum absolute atomic E-state index is 12.1. The van der Waals surface area contributed by atoms with Crippen molar-refractivity contribution in [2.75, 3.05) is 25.0 Å². The lowest BCUT2D eigenvalue weighted by molar-refractivity contribution is -0.117. The molecule has 1 fully saturated rings. The van der Waals surface area contributed by atoms with Gasteiger partial charge in [0.2, 0.25) is 5.91 Å². The normalized spacial score (nSPS) is 20.1. The number of amides is 1. The minimum atomic E-state index is -0.0189. The highest BCUT2D eigenvalue weighted by Crippen LogP contribution is 2.20. The Morgan fingerprint density at radius 1 is 1.50 bits per heavy atom. The molecule has 1 saturated heterocycles. The third-order valence-electron chi connectivity index (χ3n) is 3.67. The van der Waals surface area contributed by atoms with E-state index in [9.17, 15) is 4.79 Å². The van der Waals surface area contributed by atoms with Crippen LogP contribution in [0.5, 0.6) is 0 Å². The van der Waals surface area contributed by atoms with Gasteiger partial charge in [0.05, 0.1) is 12.2 Å². The fourth-order valence-electron chi connectivity index (χ4n) is 2.73. The highest BCUT2D eigenvalue weighted by Gasteiger charge is 2.19. The number of nitrogens with one attached hydrogen (secondary N) is 1. The molecule has 0 aliphatic carbocycles. The monoisotopic (exact) mass is 274 g/mol. The Kier molecular flexibility index (Phi) is 3.64. The summed E-state index contributed by atoms with van der Waals surface area (Å²) < 4.78 is 4.69. The van der Waals surface area contributed by atoms with Gasteiger partial charge < -0.3 is 5.32 Å². The van der Waals surface area contributed by atoms with Gasteiger partial charge in [0.25, 0.3) is 0 Å². The van der Waals surface area contributed by atoms with E-state index in [4.69, 9.17) is 0 Å². The molecule has 1 unspecified atom stereocenters. The molecule has 0 bridgehead atoms. The Morgan fingerprint density at radius 3 is 3.25 bits per heavy atom. The number of benzene rings is 1. The van der Waals surface area contributed by atoms with Crippen molar-refractivity contribution in [1.82, 2.24) is 15.2 Å². The molecular weight excluding hydrogens is 256 g/mol. The summed E-state index contributed by atoms with van der Waals surface area (Å²) in [6, 6.07) is 5.43. The molecule has 0 spiro atoms. The predicted molar refractivity (Wildman–Crippen MR) is 75.3 cm³/mol. The smallest absolute Gasteiger partial charge is 0.238 e. The van der Waals surface area contributed by atoms with E-state index in [1.54, 1.807) is 6.07 Å². The number of hydrogen-bond donors (Lipinski definition) is 1. The van der Waals surface area contributed by atoms with Gasteiger partial charge in [-0.2, -0.15) is 0 Å². The fraction of sp³-hybridized carbons (Fsp3) is 0.500. The van der Waals surface area contributed by atoms with E-state index in [1.165, 1.54) is 6.42 Å². The summed E-state index contributed by atoms with van der Waals surface area (Å²) >= 11 is 0. The minimum Gasteiger partial charge on any atom is -0.323 e. The Hall–Kier alpha value is -1.95. The van der Waals surface area contributed by atoms with E-state index in [-0.39, 0.29) is 5.91 Å². The topological polar surface area (TPSA) is 71.3 Å². The van der Waals surface area contributed by atoms with Crippen LogP contribution >= 0.6 is 0 Å². The van der Waals surface area contributed by atoms with Crippen LogP contribution in [-0.2, 0) is 4.79 Å². The summed E-state index contributed by atoms with van der Waals surface area (Å²) in [5.74, 6) is 0.648. The van der Waals surface area contributed by atoms with Crippen molar-refractivity contribution in [2.45, 2.75) is 19.8 Å². The number of rotatable bonds is 3. The molecule has 6 heteroatoms. The van der Waals surface area contributed by atoms with Gasteiger partial charge in [-0.05, 0) is 47.8 Å². The van der Waals surface area contributed by atoms with Gasteiger partial charge in [-0.3, -0.25) is 9.69 Å². The van der Waals surface area contributed by atoms with Crippen LogP contribution in [0.3, 0.4) is 0 Å². The molecule has 2 aromatic rings. The standard InChI is InChI=1S/C14H18N4O2/c1-10-4-3-7-18(8-10)9-13(19)15-11-5-2-6-12-14(11)17-20-16-12/h2,5-6,10H,3-4,7-9H2,1H3,(H,15,19). The van der Waals surface area contributed by atoms with E-state index in [0.717, 1.165) is 19.5 Å². The number of piperidine rings is 1. The molecular formula is C14H18N4O2. The number of nitrogens with zero attached hydrogens (tertiary/aromatic N) is 3. The molecule has 106 valence electrons. The first-order valence-electron chi connectivity index (χ1n) is 6.96. The zero-order valence-corrected chi connectivity index (χ0v) is 11.5. The van der Waals surface area contributed by atoms with E-state index in [1.807, 2.05) is 12.1 Å². The molecule has 1 aromatic heterocycles. The molecule has 1 atom stereocenters. The fourth-order valence-corrected chi connectivity index (χ4v) is 2.73. The molecule has 1 aromatic carbocycles. The lowest BCUT2D eigenvalue weighted by Crippen LogP contribution is -2.39. The van der Waals surface area contributed by atoms with Crippen molar-refractivity contribution in [2.24, 2.45) is 5.92 Å². The lowest BCUT2D eigenvalue weighted by Gasteiger charge is -2.30. The number of hydrogen-bond acceptors (Lipinski definition) is 5. The zero-order chi connectivity index (χ0) is 13.9. The molecule has 1 N–H and O–H groups in total. The molecule has 1 aliphatic rings. The van der Waals surface area contributed by atoms with Crippen LogP contribution in [0.15, 0.2) is 22.8 Å². The van der Waals surface area contributed by atoms with Gasteiger partial charge in [0, 0.05) is 6.54 Å². The Balaban J connectivity index is 1.65. The van der Waals surface area contributed by atoms with Gasteiger partial charge in [0.15, 0.2) is 5.52 Å². The van der Waals surface area contributed by atoms with Crippen molar-refractivity contribution in [3.8, 4) is 0 Å². The summed E-state index contributed by atoms with van der Waals surface area (Å²) in [4.78, 5) is 14.3. The van der Waals surface area contributed by atoms with Gasteiger partial charge in [-0.15, -0.1) is 0 Å². The number of carbonyl (C=O) groups is 1.